The van der Waals surface area contributed by atoms with Crippen molar-refractivity contribution in [3.63, 3.8) is 0 Å². The van der Waals surface area contributed by atoms with Gasteiger partial charge in [0.2, 0.25) is 0 Å². The molecule has 3 aliphatic rings. The number of hydrogen-bond donors (Lipinski definition) is 1. The highest BCUT2D eigenvalue weighted by atomic mass is 19.1. The predicted molar refractivity (Wildman–Crippen MR) is 158 cm³/mol. The van der Waals surface area contributed by atoms with Crippen LogP contribution in [-0.4, -0.2) is 71.3 Å². The summed E-state index contributed by atoms with van der Waals surface area (Å²) in [5.74, 6) is -0.232. The fourth-order valence-corrected chi connectivity index (χ4v) is 7.32. The maximum absolute atomic E-state index is 16.6. The number of rotatable bonds is 7. The van der Waals surface area contributed by atoms with Crippen molar-refractivity contribution in [1.82, 2.24) is 25.2 Å². The standard InChI is InChI=1S/C32H36F2N6O/c1-3-22-25(33)10-9-20-7-4-8-23(26(20)22)28-27(34)29-24(18-36-28)30(39(2)21-11-14-35-17-21)38-31(37-29)41-19-32-12-5-15-40(32)16-6-13-32/h4,7-10,18,21,35H,3,5-6,11-17,19H2,1-2H3/t21-/m1/s1. The molecule has 3 saturated heterocycles. The van der Waals surface area contributed by atoms with Crippen molar-refractivity contribution in [3.05, 3.63) is 53.7 Å². The molecule has 2 aromatic heterocycles. The molecule has 4 aromatic rings. The first-order chi connectivity index (χ1) is 20.0. The number of pyridine rings is 1. The van der Waals surface area contributed by atoms with E-state index >= 15 is 4.39 Å². The molecule has 0 aliphatic carbocycles. The van der Waals surface area contributed by atoms with E-state index in [1.807, 2.05) is 32.2 Å². The number of benzene rings is 2. The van der Waals surface area contributed by atoms with Crippen LogP contribution in [0.1, 0.15) is 44.6 Å². The average Bonchev–Trinajstić information content (AvgIpc) is 3.74. The van der Waals surface area contributed by atoms with Crippen molar-refractivity contribution in [2.45, 2.75) is 57.0 Å². The Labute approximate surface area is 238 Å². The second-order valence-corrected chi connectivity index (χ2v) is 11.8. The zero-order valence-corrected chi connectivity index (χ0v) is 23.7. The summed E-state index contributed by atoms with van der Waals surface area (Å²) >= 11 is 0. The zero-order chi connectivity index (χ0) is 28.1. The second-order valence-electron chi connectivity index (χ2n) is 11.8. The Morgan fingerprint density at radius 2 is 1.95 bits per heavy atom. The Bertz CT molecular complexity index is 1610. The number of anilines is 1. The number of fused-ring (bicyclic) bond motifs is 3. The third-order valence-corrected chi connectivity index (χ3v) is 9.55. The van der Waals surface area contributed by atoms with Crippen LogP contribution in [0.25, 0.3) is 32.9 Å². The van der Waals surface area contributed by atoms with E-state index in [0.29, 0.717) is 40.7 Å². The topological polar surface area (TPSA) is 66.4 Å². The lowest BCUT2D eigenvalue weighted by Crippen LogP contribution is -2.43. The smallest absolute Gasteiger partial charge is 0.319 e. The number of likely N-dealkylation sites (N-methyl/N-ethyl adjacent to an activating group) is 1. The first kappa shape index (κ1) is 26.5. The van der Waals surface area contributed by atoms with Crippen LogP contribution >= 0.6 is 0 Å². The molecule has 0 saturated carbocycles. The molecule has 0 unspecified atom stereocenters. The Kier molecular flexibility index (Phi) is 6.74. The van der Waals surface area contributed by atoms with Gasteiger partial charge in [-0.1, -0.05) is 31.2 Å². The molecular weight excluding hydrogens is 522 g/mol. The Morgan fingerprint density at radius 3 is 2.71 bits per heavy atom. The molecule has 0 spiro atoms. The lowest BCUT2D eigenvalue weighted by Gasteiger charge is -2.31. The van der Waals surface area contributed by atoms with Crippen molar-refractivity contribution < 1.29 is 13.5 Å². The maximum atomic E-state index is 16.6. The van der Waals surface area contributed by atoms with Crippen LogP contribution in [0.4, 0.5) is 14.6 Å². The van der Waals surface area contributed by atoms with Crippen LogP contribution in [0.3, 0.4) is 0 Å². The van der Waals surface area contributed by atoms with Crippen molar-refractivity contribution in [2.24, 2.45) is 0 Å². The SMILES string of the molecule is CCc1c(F)ccc2cccc(-c3ncc4c(N(C)[C@@H]5CCNC5)nc(OCC56CCCN5CCC6)nc4c3F)c12. The van der Waals surface area contributed by atoms with Crippen LogP contribution in [0.15, 0.2) is 36.5 Å². The summed E-state index contributed by atoms with van der Waals surface area (Å²) in [7, 11) is 1.99. The number of aromatic nitrogens is 3. The minimum Gasteiger partial charge on any atom is -0.461 e. The Morgan fingerprint density at radius 1 is 1.12 bits per heavy atom. The zero-order valence-electron chi connectivity index (χ0n) is 23.7. The van der Waals surface area contributed by atoms with Gasteiger partial charge in [0.05, 0.1) is 10.9 Å². The molecule has 1 N–H and O–H groups in total. The van der Waals surface area contributed by atoms with E-state index in [4.69, 9.17) is 9.72 Å². The minimum absolute atomic E-state index is 0.0191. The van der Waals surface area contributed by atoms with Gasteiger partial charge in [0.15, 0.2) is 5.82 Å². The average molecular weight is 559 g/mol. The first-order valence-electron chi connectivity index (χ1n) is 14.9. The molecule has 1 atom stereocenters. The molecule has 214 valence electrons. The van der Waals surface area contributed by atoms with E-state index in [2.05, 4.69) is 25.1 Å². The van der Waals surface area contributed by atoms with E-state index in [0.717, 1.165) is 50.8 Å². The molecule has 3 fully saturated rings. The summed E-state index contributed by atoms with van der Waals surface area (Å²) < 4.78 is 37.8. The van der Waals surface area contributed by atoms with Crippen LogP contribution in [-0.2, 0) is 6.42 Å². The molecule has 9 heteroatoms. The van der Waals surface area contributed by atoms with E-state index in [9.17, 15) is 4.39 Å². The summed E-state index contributed by atoms with van der Waals surface area (Å²) in [5.41, 5.74) is 1.45. The number of nitrogens with zero attached hydrogens (tertiary/aromatic N) is 5. The predicted octanol–water partition coefficient (Wildman–Crippen LogP) is 5.49. The number of hydrogen-bond acceptors (Lipinski definition) is 7. The highest BCUT2D eigenvalue weighted by molar-refractivity contribution is 6.00. The highest BCUT2D eigenvalue weighted by Gasteiger charge is 2.45. The summed E-state index contributed by atoms with van der Waals surface area (Å²) in [4.78, 5) is 18.7. The normalized spacial score (nSPS) is 20.2. The molecule has 7 nitrogen and oxygen atoms in total. The van der Waals surface area contributed by atoms with Gasteiger partial charge in [0, 0.05) is 31.4 Å². The van der Waals surface area contributed by atoms with Gasteiger partial charge in [-0.3, -0.25) is 9.88 Å². The monoisotopic (exact) mass is 558 g/mol. The van der Waals surface area contributed by atoms with Crippen LogP contribution < -0.4 is 15.0 Å². The van der Waals surface area contributed by atoms with Gasteiger partial charge in [-0.2, -0.15) is 9.97 Å². The molecule has 41 heavy (non-hydrogen) atoms. The van der Waals surface area contributed by atoms with Crippen LogP contribution in [0.2, 0.25) is 0 Å². The molecule has 3 aliphatic heterocycles. The van der Waals surface area contributed by atoms with Gasteiger partial charge in [0.1, 0.15) is 29.5 Å². The maximum Gasteiger partial charge on any atom is 0.319 e. The van der Waals surface area contributed by atoms with Gasteiger partial charge < -0.3 is 15.0 Å². The van der Waals surface area contributed by atoms with Gasteiger partial charge in [0.25, 0.3) is 0 Å². The molecule has 0 bridgehead atoms. The first-order valence-corrected chi connectivity index (χ1v) is 14.9. The summed E-state index contributed by atoms with van der Waals surface area (Å²) in [6, 6.07) is 9.20. The van der Waals surface area contributed by atoms with Crippen molar-refractivity contribution in [2.75, 3.05) is 44.7 Å². The van der Waals surface area contributed by atoms with Gasteiger partial charge in [-0.15, -0.1) is 0 Å². The lowest BCUT2D eigenvalue weighted by atomic mass is 9.95. The number of ether oxygens (including phenoxy) is 1. The fraction of sp³-hybridized carbons (Fsp3) is 0.469. The lowest BCUT2D eigenvalue weighted by molar-refractivity contribution is 0.108. The third-order valence-electron chi connectivity index (χ3n) is 9.55. The summed E-state index contributed by atoms with van der Waals surface area (Å²) in [6.07, 6.45) is 7.63. The van der Waals surface area contributed by atoms with Gasteiger partial charge in [-0.25, -0.2) is 8.78 Å². The van der Waals surface area contributed by atoms with E-state index in [-0.39, 0.29) is 34.6 Å². The van der Waals surface area contributed by atoms with Gasteiger partial charge >= 0.3 is 6.01 Å². The fourth-order valence-electron chi connectivity index (χ4n) is 7.32. The molecule has 0 amide bonds. The summed E-state index contributed by atoms with van der Waals surface area (Å²) in [5, 5.41) is 5.47. The van der Waals surface area contributed by atoms with E-state index in [1.165, 1.54) is 18.9 Å². The molecule has 7 rings (SSSR count). The highest BCUT2D eigenvalue weighted by Crippen LogP contribution is 2.40. The minimum atomic E-state index is -0.547. The van der Waals surface area contributed by atoms with E-state index in [1.54, 1.807) is 12.3 Å². The Hall–Kier alpha value is -3.43. The van der Waals surface area contributed by atoms with Crippen molar-refractivity contribution in [1.29, 1.82) is 0 Å². The van der Waals surface area contributed by atoms with Crippen LogP contribution in [0.5, 0.6) is 6.01 Å². The van der Waals surface area contributed by atoms with E-state index < -0.39 is 5.82 Å². The molecule has 5 heterocycles. The van der Waals surface area contributed by atoms with Crippen molar-refractivity contribution in [3.8, 4) is 17.3 Å². The van der Waals surface area contributed by atoms with Crippen molar-refractivity contribution >= 4 is 27.5 Å². The molecule has 0 radical (unpaired) electrons. The Balaban J connectivity index is 1.37. The largest absolute Gasteiger partial charge is 0.461 e. The second kappa shape index (κ2) is 10.4. The number of nitrogens with one attached hydrogen (secondary N) is 1. The van der Waals surface area contributed by atoms with Gasteiger partial charge in [-0.05, 0) is 80.6 Å². The summed E-state index contributed by atoms with van der Waals surface area (Å²) in [6.45, 7) is 6.35. The quantitative estimate of drug-likeness (QED) is 0.322. The third kappa shape index (κ3) is 4.41. The number of halogens is 2. The van der Waals surface area contributed by atoms with Crippen LogP contribution in [0, 0.1) is 11.6 Å². The number of aryl methyl sites for hydroxylation is 1. The molecular formula is C32H36F2N6O. The molecule has 2 aromatic carbocycles.